The van der Waals surface area contributed by atoms with Gasteiger partial charge in [0, 0.05) is 29.2 Å². The third-order valence-electron chi connectivity index (χ3n) is 4.81. The molecular weight excluding hydrogens is 320 g/mol. The Kier molecular flexibility index (Phi) is 5.12. The number of H-pyrrole nitrogens is 1. The summed E-state index contributed by atoms with van der Waals surface area (Å²) in [6, 6.07) is 17.3. The van der Waals surface area contributed by atoms with Crippen molar-refractivity contribution < 1.29 is 4.74 Å². The molecule has 0 aliphatic heterocycles. The number of halogens is 1. The van der Waals surface area contributed by atoms with E-state index in [0.717, 1.165) is 18.7 Å². The average Bonchev–Trinajstić information content (AvgIpc) is 2.99. The first-order valence-electron chi connectivity index (χ1n) is 8.31. The quantitative estimate of drug-likeness (QED) is 0.717. The molecule has 1 aromatic heterocycles. The lowest BCUT2D eigenvalue weighted by molar-refractivity contribution is 0.415. The molecule has 3 aromatic rings. The van der Waals surface area contributed by atoms with Crippen LogP contribution >= 0.6 is 12.4 Å². The average molecular weight is 343 g/mol. The molecule has 2 aromatic carbocycles. The van der Waals surface area contributed by atoms with Gasteiger partial charge in [0.2, 0.25) is 0 Å². The molecule has 1 atom stereocenters. The van der Waals surface area contributed by atoms with Gasteiger partial charge in [0.05, 0.1) is 7.11 Å². The van der Waals surface area contributed by atoms with E-state index in [1.54, 1.807) is 7.11 Å². The first-order chi connectivity index (χ1) is 11.3. The maximum absolute atomic E-state index is 5.39. The number of hydrogen-bond acceptors (Lipinski definition) is 2. The lowest BCUT2D eigenvalue weighted by atomic mass is 9.91. The Morgan fingerprint density at radius 1 is 1.17 bits per heavy atom. The van der Waals surface area contributed by atoms with Crippen LogP contribution in [0.5, 0.6) is 5.75 Å². The van der Waals surface area contributed by atoms with Crippen molar-refractivity contribution in [1.82, 2.24) is 10.3 Å². The maximum atomic E-state index is 5.39. The van der Waals surface area contributed by atoms with Gasteiger partial charge < -0.3 is 15.0 Å². The Bertz CT molecular complexity index is 813. The van der Waals surface area contributed by atoms with Gasteiger partial charge in [-0.05, 0) is 48.6 Å². The van der Waals surface area contributed by atoms with Crippen LogP contribution in [0.4, 0.5) is 0 Å². The fourth-order valence-electron chi connectivity index (χ4n) is 3.61. The van der Waals surface area contributed by atoms with Crippen LogP contribution in [0.3, 0.4) is 0 Å². The third kappa shape index (κ3) is 3.14. The lowest BCUT2D eigenvalue weighted by Crippen LogP contribution is -2.24. The molecule has 1 aliphatic carbocycles. The maximum Gasteiger partial charge on any atom is 0.119 e. The highest BCUT2D eigenvalue weighted by atomic mass is 35.5. The summed E-state index contributed by atoms with van der Waals surface area (Å²) in [6.07, 6.45) is 3.55. The van der Waals surface area contributed by atoms with Crippen LogP contribution in [0.25, 0.3) is 10.9 Å². The summed E-state index contributed by atoms with van der Waals surface area (Å²) in [5, 5.41) is 5.03. The Morgan fingerprint density at radius 3 is 2.79 bits per heavy atom. The van der Waals surface area contributed by atoms with E-state index in [9.17, 15) is 0 Å². The van der Waals surface area contributed by atoms with Gasteiger partial charge in [-0.1, -0.05) is 30.3 Å². The van der Waals surface area contributed by atoms with Crippen molar-refractivity contribution in [3.63, 3.8) is 0 Å². The lowest BCUT2D eigenvalue weighted by Gasteiger charge is -2.24. The van der Waals surface area contributed by atoms with Crippen molar-refractivity contribution in [1.29, 1.82) is 0 Å². The molecule has 24 heavy (non-hydrogen) atoms. The summed E-state index contributed by atoms with van der Waals surface area (Å²) in [4.78, 5) is 3.64. The largest absolute Gasteiger partial charge is 0.497 e. The smallest absolute Gasteiger partial charge is 0.119 e. The SMILES string of the molecule is COc1ccc2[nH]c3c(c2c1)CCCC3NCc1ccccc1.Cl. The first-order valence-corrected chi connectivity index (χ1v) is 8.31. The van der Waals surface area contributed by atoms with E-state index in [2.05, 4.69) is 52.8 Å². The molecule has 0 radical (unpaired) electrons. The molecule has 0 saturated heterocycles. The van der Waals surface area contributed by atoms with Crippen molar-refractivity contribution in [2.75, 3.05) is 7.11 Å². The van der Waals surface area contributed by atoms with E-state index in [4.69, 9.17) is 4.74 Å². The molecule has 1 aliphatic rings. The predicted molar refractivity (Wildman–Crippen MR) is 101 cm³/mol. The fourth-order valence-corrected chi connectivity index (χ4v) is 3.61. The predicted octanol–water partition coefficient (Wildman–Crippen LogP) is 4.77. The summed E-state index contributed by atoms with van der Waals surface area (Å²) in [5.41, 5.74) is 5.35. The van der Waals surface area contributed by atoms with Gasteiger partial charge >= 0.3 is 0 Å². The zero-order valence-electron chi connectivity index (χ0n) is 13.8. The van der Waals surface area contributed by atoms with Gasteiger partial charge in [-0.25, -0.2) is 0 Å². The van der Waals surface area contributed by atoms with Gasteiger partial charge in [-0.15, -0.1) is 12.4 Å². The molecule has 1 unspecified atom stereocenters. The highest BCUT2D eigenvalue weighted by Crippen LogP contribution is 2.36. The van der Waals surface area contributed by atoms with E-state index < -0.39 is 0 Å². The summed E-state index contributed by atoms with van der Waals surface area (Å²) < 4.78 is 5.39. The molecule has 1 heterocycles. The van der Waals surface area contributed by atoms with E-state index in [1.807, 2.05) is 6.07 Å². The van der Waals surface area contributed by atoms with Crippen LogP contribution < -0.4 is 10.1 Å². The molecule has 0 bridgehead atoms. The van der Waals surface area contributed by atoms with Crippen molar-refractivity contribution in [2.24, 2.45) is 0 Å². The molecule has 2 N–H and O–H groups in total. The van der Waals surface area contributed by atoms with Crippen molar-refractivity contribution in [2.45, 2.75) is 31.8 Å². The minimum atomic E-state index is 0. The van der Waals surface area contributed by atoms with Gasteiger partial charge in [-0.3, -0.25) is 0 Å². The second-order valence-electron chi connectivity index (χ2n) is 6.24. The monoisotopic (exact) mass is 342 g/mol. The second kappa shape index (κ2) is 7.29. The summed E-state index contributed by atoms with van der Waals surface area (Å²) in [5.74, 6) is 0.929. The van der Waals surface area contributed by atoms with Crippen LogP contribution in [0.2, 0.25) is 0 Å². The second-order valence-corrected chi connectivity index (χ2v) is 6.24. The van der Waals surface area contributed by atoms with Gasteiger partial charge in [0.15, 0.2) is 0 Å². The number of aromatic nitrogens is 1. The van der Waals surface area contributed by atoms with E-state index in [1.165, 1.54) is 40.6 Å². The standard InChI is InChI=1S/C20H22N2O.ClH/c1-23-15-10-11-18-17(12-15)16-8-5-9-19(20(16)22-18)21-13-14-6-3-2-4-7-14;/h2-4,6-7,10-12,19,21-22H,5,8-9,13H2,1H3;1H. The van der Waals surface area contributed by atoms with E-state index in [0.29, 0.717) is 6.04 Å². The van der Waals surface area contributed by atoms with Gasteiger partial charge in [0.25, 0.3) is 0 Å². The summed E-state index contributed by atoms with van der Waals surface area (Å²) in [7, 11) is 1.73. The number of hydrogen-bond donors (Lipinski definition) is 2. The number of ether oxygens (including phenoxy) is 1. The van der Waals surface area contributed by atoms with Gasteiger partial charge in [0.1, 0.15) is 5.75 Å². The van der Waals surface area contributed by atoms with Crippen molar-refractivity contribution in [3.8, 4) is 5.75 Å². The molecular formula is C20H23ClN2O. The number of aryl methyl sites for hydroxylation is 1. The number of aromatic amines is 1. The zero-order chi connectivity index (χ0) is 15.6. The van der Waals surface area contributed by atoms with E-state index >= 15 is 0 Å². The highest BCUT2D eigenvalue weighted by Gasteiger charge is 2.24. The number of benzene rings is 2. The van der Waals surface area contributed by atoms with Crippen molar-refractivity contribution in [3.05, 3.63) is 65.4 Å². The highest BCUT2D eigenvalue weighted by molar-refractivity contribution is 5.86. The van der Waals surface area contributed by atoms with Crippen LogP contribution in [-0.4, -0.2) is 12.1 Å². The molecule has 0 amide bonds. The third-order valence-corrected chi connectivity index (χ3v) is 4.81. The minimum absolute atomic E-state index is 0. The summed E-state index contributed by atoms with van der Waals surface area (Å²) in [6.45, 7) is 0.906. The molecule has 4 rings (SSSR count). The summed E-state index contributed by atoms with van der Waals surface area (Å²) >= 11 is 0. The number of nitrogens with one attached hydrogen (secondary N) is 2. The number of methoxy groups -OCH3 is 1. The number of rotatable bonds is 4. The first kappa shape index (κ1) is 16.9. The normalized spacial score (nSPS) is 16.5. The minimum Gasteiger partial charge on any atom is -0.497 e. The van der Waals surface area contributed by atoms with Crippen molar-refractivity contribution >= 4 is 23.3 Å². The Balaban J connectivity index is 0.00000169. The van der Waals surface area contributed by atoms with Crippen LogP contribution in [-0.2, 0) is 13.0 Å². The van der Waals surface area contributed by atoms with E-state index in [-0.39, 0.29) is 12.4 Å². The molecule has 126 valence electrons. The number of fused-ring (bicyclic) bond motifs is 3. The molecule has 0 fully saturated rings. The van der Waals surface area contributed by atoms with Gasteiger partial charge in [-0.2, -0.15) is 0 Å². The van der Waals surface area contributed by atoms with Crippen LogP contribution in [0.1, 0.15) is 35.7 Å². The Labute approximate surface area is 148 Å². The Morgan fingerprint density at radius 2 is 2.00 bits per heavy atom. The van der Waals surface area contributed by atoms with Crippen LogP contribution in [0.15, 0.2) is 48.5 Å². The van der Waals surface area contributed by atoms with Crippen LogP contribution in [0, 0.1) is 0 Å². The topological polar surface area (TPSA) is 37.0 Å². The molecule has 4 heteroatoms. The molecule has 3 nitrogen and oxygen atoms in total. The molecule has 0 spiro atoms. The molecule has 0 saturated carbocycles. The Hall–Kier alpha value is -1.97. The fraction of sp³-hybridized carbons (Fsp3) is 0.300. The zero-order valence-corrected chi connectivity index (χ0v) is 14.7.